The molecule has 0 atom stereocenters. The van der Waals surface area contributed by atoms with Crippen LogP contribution in [0.2, 0.25) is 0 Å². The minimum atomic E-state index is -4.50. The first kappa shape index (κ1) is 16.0. The predicted molar refractivity (Wildman–Crippen MR) is 77.3 cm³/mol. The van der Waals surface area contributed by atoms with Crippen LogP contribution in [0.4, 0.5) is 19.0 Å². The first-order chi connectivity index (χ1) is 9.73. The van der Waals surface area contributed by atoms with E-state index in [9.17, 15) is 13.2 Å². The molecule has 0 bridgehead atoms. The molecule has 7 heteroatoms. The van der Waals surface area contributed by atoms with Crippen LogP contribution in [0, 0.1) is 11.3 Å². The van der Waals surface area contributed by atoms with E-state index in [1.54, 1.807) is 16.7 Å². The molecule has 0 aromatic carbocycles. The van der Waals surface area contributed by atoms with E-state index in [1.165, 1.54) is 6.07 Å². The molecule has 2 heterocycles. The van der Waals surface area contributed by atoms with Gasteiger partial charge in [0, 0.05) is 23.6 Å². The summed E-state index contributed by atoms with van der Waals surface area (Å²) >= 11 is 1.79. The van der Waals surface area contributed by atoms with Crippen LogP contribution in [-0.4, -0.2) is 28.6 Å². The van der Waals surface area contributed by atoms with Gasteiger partial charge in [0.25, 0.3) is 0 Å². The second-order valence-corrected chi connectivity index (χ2v) is 7.32. The first-order valence-corrected chi connectivity index (χ1v) is 7.59. The lowest BCUT2D eigenvalue weighted by Gasteiger charge is -2.24. The van der Waals surface area contributed by atoms with Crippen LogP contribution in [0.3, 0.4) is 0 Å². The molecule has 1 saturated heterocycles. The topological polar surface area (TPSA) is 39.9 Å². The van der Waals surface area contributed by atoms with Crippen LogP contribution in [-0.2, 0) is 6.18 Å². The van der Waals surface area contributed by atoms with E-state index in [0.717, 1.165) is 18.2 Å². The Morgan fingerprint density at radius 1 is 1.33 bits per heavy atom. The number of pyridine rings is 1. The summed E-state index contributed by atoms with van der Waals surface area (Å²) in [6.45, 7) is 5.43. The van der Waals surface area contributed by atoms with Gasteiger partial charge in [-0.1, -0.05) is 13.8 Å². The lowest BCUT2D eigenvalue weighted by atomic mass is 10.1. The molecule has 1 aliphatic heterocycles. The van der Waals surface area contributed by atoms with Crippen molar-refractivity contribution in [2.75, 3.05) is 23.7 Å². The van der Waals surface area contributed by atoms with Crippen molar-refractivity contribution in [1.82, 2.24) is 4.98 Å². The zero-order valence-electron chi connectivity index (χ0n) is 11.9. The third kappa shape index (κ3) is 3.82. The molecule has 0 spiro atoms. The van der Waals surface area contributed by atoms with Crippen LogP contribution in [0.15, 0.2) is 12.1 Å². The highest BCUT2D eigenvalue weighted by molar-refractivity contribution is 8.00. The summed E-state index contributed by atoms with van der Waals surface area (Å²) in [5.41, 5.74) is -0.764. The molecule has 2 rings (SSSR count). The van der Waals surface area contributed by atoms with Crippen molar-refractivity contribution in [2.45, 2.75) is 31.2 Å². The summed E-state index contributed by atoms with van der Waals surface area (Å²) in [4.78, 5) is 5.48. The van der Waals surface area contributed by atoms with Crippen molar-refractivity contribution in [3.05, 3.63) is 23.4 Å². The summed E-state index contributed by atoms with van der Waals surface area (Å²) in [6.07, 6.45) is -3.66. The Morgan fingerprint density at radius 2 is 2.05 bits per heavy atom. The number of hydrogen-bond acceptors (Lipinski definition) is 4. The number of halogens is 3. The van der Waals surface area contributed by atoms with Gasteiger partial charge in [0.2, 0.25) is 0 Å². The average Bonchev–Trinajstić information content (AvgIpc) is 2.58. The number of nitrogens with zero attached hydrogens (tertiary/aromatic N) is 3. The number of rotatable bonds is 1. The van der Waals surface area contributed by atoms with Crippen molar-refractivity contribution < 1.29 is 13.2 Å². The second-order valence-electron chi connectivity index (χ2n) is 5.52. The van der Waals surface area contributed by atoms with Crippen LogP contribution in [0.1, 0.15) is 31.5 Å². The monoisotopic (exact) mass is 315 g/mol. The molecule has 0 N–H and O–H groups in total. The Hall–Kier alpha value is -1.42. The van der Waals surface area contributed by atoms with Crippen LogP contribution in [0.25, 0.3) is 0 Å². The third-order valence-corrected chi connectivity index (χ3v) is 4.80. The van der Waals surface area contributed by atoms with Crippen molar-refractivity contribution in [3.8, 4) is 6.07 Å². The molecule has 114 valence electrons. The van der Waals surface area contributed by atoms with E-state index in [2.05, 4.69) is 18.8 Å². The fourth-order valence-electron chi connectivity index (χ4n) is 2.17. The van der Waals surface area contributed by atoms with Crippen molar-refractivity contribution in [2.24, 2.45) is 0 Å². The summed E-state index contributed by atoms with van der Waals surface area (Å²) in [5.74, 6) is 0.945. The molecule has 1 fully saturated rings. The molecule has 0 saturated carbocycles. The maximum absolute atomic E-state index is 12.8. The van der Waals surface area contributed by atoms with Gasteiger partial charge in [-0.15, -0.1) is 0 Å². The summed E-state index contributed by atoms with van der Waals surface area (Å²) in [6, 6.07) is 4.00. The molecule has 1 aromatic heterocycles. The van der Waals surface area contributed by atoms with E-state index in [-0.39, 0.29) is 16.1 Å². The molecular formula is C14H16F3N3S. The van der Waals surface area contributed by atoms with Crippen LogP contribution < -0.4 is 4.90 Å². The SMILES string of the molecule is CC1(C)CCN(c2nc(C(F)(F)F)ccc2C#N)CCS1. The Kier molecular flexibility index (Phi) is 4.38. The number of thioether (sulfide) groups is 1. The summed E-state index contributed by atoms with van der Waals surface area (Å²) < 4.78 is 38.5. The molecule has 3 nitrogen and oxygen atoms in total. The smallest absolute Gasteiger partial charge is 0.355 e. The minimum absolute atomic E-state index is 0.0865. The maximum Gasteiger partial charge on any atom is 0.433 e. The summed E-state index contributed by atoms with van der Waals surface area (Å²) in [7, 11) is 0. The number of nitriles is 1. The van der Waals surface area contributed by atoms with Gasteiger partial charge in [-0.2, -0.15) is 30.2 Å². The molecular weight excluding hydrogens is 299 g/mol. The lowest BCUT2D eigenvalue weighted by Crippen LogP contribution is -2.29. The highest BCUT2D eigenvalue weighted by Gasteiger charge is 2.34. The molecule has 0 unspecified atom stereocenters. The van der Waals surface area contributed by atoms with Gasteiger partial charge in [0.1, 0.15) is 17.6 Å². The Morgan fingerprint density at radius 3 is 2.67 bits per heavy atom. The largest absolute Gasteiger partial charge is 0.433 e. The van der Waals surface area contributed by atoms with E-state index in [4.69, 9.17) is 5.26 Å². The van der Waals surface area contributed by atoms with Crippen molar-refractivity contribution in [3.63, 3.8) is 0 Å². The predicted octanol–water partition coefficient (Wildman–Crippen LogP) is 3.69. The van der Waals surface area contributed by atoms with Gasteiger partial charge in [-0.3, -0.25) is 0 Å². The highest BCUT2D eigenvalue weighted by Crippen LogP contribution is 2.34. The van der Waals surface area contributed by atoms with Gasteiger partial charge in [0.05, 0.1) is 5.56 Å². The third-order valence-electron chi connectivity index (χ3n) is 3.42. The van der Waals surface area contributed by atoms with Gasteiger partial charge in [-0.05, 0) is 18.6 Å². The second kappa shape index (κ2) is 5.76. The molecule has 1 aromatic rings. The fraction of sp³-hybridized carbons (Fsp3) is 0.571. The Bertz CT molecular complexity index is 564. The van der Waals surface area contributed by atoms with E-state index < -0.39 is 11.9 Å². The average molecular weight is 315 g/mol. The Balaban J connectivity index is 2.35. The molecule has 1 aliphatic rings. The van der Waals surface area contributed by atoms with Crippen molar-refractivity contribution >= 4 is 17.6 Å². The van der Waals surface area contributed by atoms with Crippen LogP contribution in [0.5, 0.6) is 0 Å². The van der Waals surface area contributed by atoms with Crippen molar-refractivity contribution in [1.29, 1.82) is 5.26 Å². The lowest BCUT2D eigenvalue weighted by molar-refractivity contribution is -0.141. The highest BCUT2D eigenvalue weighted by atomic mass is 32.2. The van der Waals surface area contributed by atoms with Gasteiger partial charge >= 0.3 is 6.18 Å². The van der Waals surface area contributed by atoms with Gasteiger partial charge in [-0.25, -0.2) is 4.98 Å². The minimum Gasteiger partial charge on any atom is -0.355 e. The molecule has 21 heavy (non-hydrogen) atoms. The number of anilines is 1. The quantitative estimate of drug-likeness (QED) is 0.792. The normalized spacial score (nSPS) is 19.0. The van der Waals surface area contributed by atoms with Gasteiger partial charge < -0.3 is 4.90 Å². The molecule has 0 aliphatic carbocycles. The Labute approximate surface area is 126 Å². The standard InChI is InChI=1S/C14H16F3N3S/c1-13(2)5-6-20(7-8-21-13)12-10(9-18)3-4-11(19-12)14(15,16)17/h3-4H,5-8H2,1-2H3. The van der Waals surface area contributed by atoms with E-state index >= 15 is 0 Å². The fourth-order valence-corrected chi connectivity index (χ4v) is 3.27. The van der Waals surface area contributed by atoms with E-state index in [1.807, 2.05) is 6.07 Å². The zero-order chi connectivity index (χ0) is 15.7. The summed E-state index contributed by atoms with van der Waals surface area (Å²) in [5, 5.41) is 9.11. The maximum atomic E-state index is 12.8. The number of aromatic nitrogens is 1. The molecule has 0 amide bonds. The zero-order valence-corrected chi connectivity index (χ0v) is 12.7. The van der Waals surface area contributed by atoms with Crippen LogP contribution >= 0.6 is 11.8 Å². The number of alkyl halides is 3. The van der Waals surface area contributed by atoms with Gasteiger partial charge in [0.15, 0.2) is 0 Å². The number of hydrogen-bond donors (Lipinski definition) is 0. The van der Waals surface area contributed by atoms with E-state index in [0.29, 0.717) is 13.1 Å². The first-order valence-electron chi connectivity index (χ1n) is 6.60. The molecule has 0 radical (unpaired) electrons.